The number of hydrogen-bond donors (Lipinski definition) is 0. The van der Waals surface area contributed by atoms with E-state index in [4.69, 9.17) is 22.2 Å². The summed E-state index contributed by atoms with van der Waals surface area (Å²) in [6, 6.07) is 11.8. The molecule has 0 N–H and O–H groups in total. The van der Waals surface area contributed by atoms with Gasteiger partial charge in [-0.15, -0.1) is 0 Å². The number of benzene rings is 1. The first-order valence-electron chi connectivity index (χ1n) is 6.61. The molecule has 0 nitrogen and oxygen atoms in total. The normalized spacial score (nSPS) is 11.0. The molecule has 0 saturated carbocycles. The van der Waals surface area contributed by atoms with Crippen molar-refractivity contribution in [2.24, 2.45) is 0 Å². The second-order valence-corrected chi connectivity index (χ2v) is 9.73. The van der Waals surface area contributed by atoms with Crippen molar-refractivity contribution in [3.63, 3.8) is 0 Å². The van der Waals surface area contributed by atoms with Gasteiger partial charge in [0.2, 0.25) is 7.42 Å². The first-order chi connectivity index (χ1) is 8.29. The minimum absolute atomic E-state index is 1.08. The van der Waals surface area contributed by atoms with Crippen LogP contribution in [0.5, 0.6) is 0 Å². The highest BCUT2D eigenvalue weighted by Crippen LogP contribution is 2.13. The highest BCUT2D eigenvalue weighted by molar-refractivity contribution is 7.33. The maximum absolute atomic E-state index is 5.81. The van der Waals surface area contributed by atoms with Crippen molar-refractivity contribution in [1.29, 1.82) is 0 Å². The van der Waals surface area contributed by atoms with E-state index in [0.29, 0.717) is 0 Å². The van der Waals surface area contributed by atoms with Crippen LogP contribution in [0.1, 0.15) is 44.1 Å². The van der Waals surface area contributed by atoms with Gasteiger partial charge < -0.3 is 0 Å². The molecule has 0 atom stereocenters. The Kier molecular flexibility index (Phi) is 8.86. The van der Waals surface area contributed by atoms with Gasteiger partial charge in [0.15, 0.2) is 0 Å². The monoisotopic (exact) mass is 288 g/mol. The molecule has 0 spiro atoms. The SMILES string of the molecule is Cl[SiH](Cl)CCCCCCCCc1ccccc1. The lowest BCUT2D eigenvalue weighted by Crippen LogP contribution is -1.91. The van der Waals surface area contributed by atoms with E-state index in [0.717, 1.165) is 6.04 Å². The standard InChI is InChI=1S/C14H22Cl2Si/c15-17(16)13-9-4-2-1-3-6-10-14-11-7-5-8-12-14/h5,7-8,11-12,17H,1-4,6,9-10,13H2. The Labute approximate surface area is 116 Å². The minimum Gasteiger partial charge on any atom is -0.150 e. The van der Waals surface area contributed by atoms with Crippen LogP contribution in [0.4, 0.5) is 0 Å². The largest absolute Gasteiger partial charge is 0.237 e. The molecule has 0 heterocycles. The summed E-state index contributed by atoms with van der Waals surface area (Å²) in [5.74, 6) is 0. The van der Waals surface area contributed by atoms with Gasteiger partial charge in [0.25, 0.3) is 0 Å². The lowest BCUT2D eigenvalue weighted by atomic mass is 10.1. The van der Waals surface area contributed by atoms with Gasteiger partial charge in [-0.1, -0.05) is 62.4 Å². The van der Waals surface area contributed by atoms with Gasteiger partial charge in [0.05, 0.1) is 0 Å². The molecule has 0 bridgehead atoms. The van der Waals surface area contributed by atoms with Crippen LogP contribution in [-0.2, 0) is 6.42 Å². The van der Waals surface area contributed by atoms with Crippen molar-refractivity contribution < 1.29 is 0 Å². The van der Waals surface area contributed by atoms with Crippen molar-refractivity contribution >= 4 is 29.6 Å². The summed E-state index contributed by atoms with van der Waals surface area (Å²) in [7, 11) is -1.33. The number of rotatable bonds is 9. The van der Waals surface area contributed by atoms with Gasteiger partial charge >= 0.3 is 0 Å². The van der Waals surface area contributed by atoms with Crippen LogP contribution < -0.4 is 0 Å². The molecular formula is C14H22Cl2Si. The molecule has 0 unspecified atom stereocenters. The van der Waals surface area contributed by atoms with E-state index < -0.39 is 7.42 Å². The molecule has 0 aliphatic rings. The van der Waals surface area contributed by atoms with E-state index >= 15 is 0 Å². The summed E-state index contributed by atoms with van der Waals surface area (Å²) in [6.07, 6.45) is 9.09. The fraction of sp³-hybridized carbons (Fsp3) is 0.571. The molecule has 0 aromatic heterocycles. The van der Waals surface area contributed by atoms with Gasteiger partial charge in [-0.05, 0) is 24.4 Å². The van der Waals surface area contributed by atoms with Crippen molar-refractivity contribution in [3.05, 3.63) is 35.9 Å². The fourth-order valence-corrected chi connectivity index (χ4v) is 3.50. The number of halogens is 2. The van der Waals surface area contributed by atoms with Gasteiger partial charge in [-0.2, -0.15) is 22.2 Å². The van der Waals surface area contributed by atoms with Crippen LogP contribution in [0.25, 0.3) is 0 Å². The predicted octanol–water partition coefficient (Wildman–Crippen LogP) is 5.27. The topological polar surface area (TPSA) is 0 Å². The Morgan fingerprint density at radius 2 is 1.35 bits per heavy atom. The van der Waals surface area contributed by atoms with Crippen LogP contribution in [0, 0.1) is 0 Å². The molecule has 1 aromatic carbocycles. The van der Waals surface area contributed by atoms with Crippen molar-refractivity contribution in [2.75, 3.05) is 0 Å². The van der Waals surface area contributed by atoms with Crippen molar-refractivity contribution in [2.45, 2.75) is 51.0 Å². The summed E-state index contributed by atoms with van der Waals surface area (Å²) in [4.78, 5) is 0. The van der Waals surface area contributed by atoms with Crippen LogP contribution in [0.3, 0.4) is 0 Å². The Morgan fingerprint density at radius 3 is 2.00 bits per heavy atom. The zero-order valence-corrected chi connectivity index (χ0v) is 13.0. The first kappa shape index (κ1) is 15.1. The molecule has 0 aliphatic heterocycles. The maximum atomic E-state index is 5.81. The van der Waals surface area contributed by atoms with E-state index in [1.54, 1.807) is 0 Å². The smallest absolute Gasteiger partial charge is 0.150 e. The Hall–Kier alpha value is 0.0169. The third-order valence-electron chi connectivity index (χ3n) is 2.98. The molecule has 96 valence electrons. The maximum Gasteiger partial charge on any atom is 0.237 e. The number of hydrogen-bond acceptors (Lipinski definition) is 0. The molecule has 0 saturated heterocycles. The molecule has 1 aromatic rings. The van der Waals surface area contributed by atoms with E-state index in [9.17, 15) is 0 Å². The lowest BCUT2D eigenvalue weighted by molar-refractivity contribution is 0.607. The van der Waals surface area contributed by atoms with Gasteiger partial charge in [0.1, 0.15) is 0 Å². The Morgan fingerprint density at radius 1 is 0.765 bits per heavy atom. The summed E-state index contributed by atoms with van der Waals surface area (Å²) < 4.78 is 0. The molecule has 0 amide bonds. The van der Waals surface area contributed by atoms with Crippen LogP contribution in [0.15, 0.2) is 30.3 Å². The van der Waals surface area contributed by atoms with Gasteiger partial charge in [-0.25, -0.2) is 0 Å². The van der Waals surface area contributed by atoms with Crippen LogP contribution in [0.2, 0.25) is 6.04 Å². The highest BCUT2D eigenvalue weighted by Gasteiger charge is 2.00. The molecule has 17 heavy (non-hydrogen) atoms. The highest BCUT2D eigenvalue weighted by atomic mass is 35.7. The summed E-state index contributed by atoms with van der Waals surface area (Å²) in [5.41, 5.74) is 1.46. The molecule has 0 fully saturated rings. The van der Waals surface area contributed by atoms with E-state index in [1.165, 1.54) is 50.5 Å². The zero-order valence-electron chi connectivity index (χ0n) is 10.4. The second-order valence-electron chi connectivity index (χ2n) is 4.54. The van der Waals surface area contributed by atoms with E-state index in [2.05, 4.69) is 30.3 Å². The van der Waals surface area contributed by atoms with Crippen molar-refractivity contribution in [3.8, 4) is 0 Å². The predicted molar refractivity (Wildman–Crippen MR) is 81.5 cm³/mol. The van der Waals surface area contributed by atoms with Gasteiger partial charge in [0, 0.05) is 0 Å². The lowest BCUT2D eigenvalue weighted by Gasteiger charge is -2.02. The average Bonchev–Trinajstić information content (AvgIpc) is 2.33. The van der Waals surface area contributed by atoms with Crippen LogP contribution >= 0.6 is 22.2 Å². The summed E-state index contributed by atoms with van der Waals surface area (Å²) in [5, 5.41) is 0. The number of aryl methyl sites for hydroxylation is 1. The summed E-state index contributed by atoms with van der Waals surface area (Å²) >= 11 is 11.6. The Balaban J connectivity index is 1.88. The summed E-state index contributed by atoms with van der Waals surface area (Å²) in [6.45, 7) is 0. The minimum atomic E-state index is -1.33. The molecule has 3 heteroatoms. The zero-order chi connectivity index (χ0) is 12.3. The van der Waals surface area contributed by atoms with Crippen molar-refractivity contribution in [1.82, 2.24) is 0 Å². The molecular weight excluding hydrogens is 267 g/mol. The van der Waals surface area contributed by atoms with E-state index in [1.807, 2.05) is 0 Å². The fourth-order valence-electron chi connectivity index (χ4n) is 1.98. The van der Waals surface area contributed by atoms with E-state index in [-0.39, 0.29) is 0 Å². The first-order valence-corrected chi connectivity index (χ1v) is 10.9. The molecule has 0 aliphatic carbocycles. The second kappa shape index (κ2) is 9.99. The quantitative estimate of drug-likeness (QED) is 0.330. The van der Waals surface area contributed by atoms with Gasteiger partial charge in [-0.3, -0.25) is 0 Å². The third-order valence-corrected chi connectivity index (χ3v) is 5.13. The number of unbranched alkanes of at least 4 members (excludes halogenated alkanes) is 5. The third kappa shape index (κ3) is 8.70. The average molecular weight is 289 g/mol. The Bertz CT molecular complexity index is 275. The molecule has 1 rings (SSSR count). The van der Waals surface area contributed by atoms with Crippen LogP contribution in [-0.4, -0.2) is 7.42 Å². The molecule has 0 radical (unpaired) electrons.